The molecule has 2 aromatic rings. The summed E-state index contributed by atoms with van der Waals surface area (Å²) in [5, 5.41) is 29.8. The molecule has 3 N–H and O–H groups in total. The topological polar surface area (TPSA) is 134 Å². The number of fused-ring (bicyclic) bond motifs is 2. The van der Waals surface area contributed by atoms with Crippen molar-refractivity contribution in [3.63, 3.8) is 0 Å². The van der Waals surface area contributed by atoms with Gasteiger partial charge in [0.1, 0.15) is 11.3 Å². The van der Waals surface area contributed by atoms with Crippen molar-refractivity contribution < 1.29 is 34.1 Å². The number of aryl methyl sites for hydroxylation is 1. The van der Waals surface area contributed by atoms with Crippen LogP contribution in [0.1, 0.15) is 42.1 Å². The van der Waals surface area contributed by atoms with Gasteiger partial charge in [-0.15, -0.1) is 0 Å². The second-order valence-electron chi connectivity index (χ2n) is 8.17. The van der Waals surface area contributed by atoms with Gasteiger partial charge in [0, 0.05) is 35.1 Å². The van der Waals surface area contributed by atoms with Gasteiger partial charge in [0.15, 0.2) is 16.9 Å². The van der Waals surface area contributed by atoms with Crippen molar-refractivity contribution in [3.8, 4) is 33.9 Å². The molecule has 0 unspecified atom stereocenters. The first-order chi connectivity index (χ1) is 16.8. The van der Waals surface area contributed by atoms with Crippen molar-refractivity contribution >= 4 is 22.9 Å². The van der Waals surface area contributed by atoms with E-state index in [1.807, 2.05) is 6.07 Å². The monoisotopic (exact) mass is 476 g/mol. The number of carboxylic acid groups (broad SMARTS) is 2. The van der Waals surface area contributed by atoms with Crippen LogP contribution in [-0.2, 0) is 11.2 Å². The number of phenols is 1. The summed E-state index contributed by atoms with van der Waals surface area (Å²) in [6.45, 7) is 2.10. The van der Waals surface area contributed by atoms with Gasteiger partial charge in [-0.2, -0.15) is 0 Å². The van der Waals surface area contributed by atoms with Crippen LogP contribution < -0.4 is 10.2 Å². The molecule has 0 saturated carbocycles. The van der Waals surface area contributed by atoms with E-state index < -0.39 is 11.9 Å². The number of unbranched alkanes of at least 4 members (excludes halogenated alkanes) is 1. The Morgan fingerprint density at radius 2 is 1.74 bits per heavy atom. The summed E-state index contributed by atoms with van der Waals surface area (Å²) in [6.07, 6.45) is 1.72. The van der Waals surface area contributed by atoms with E-state index in [2.05, 4.69) is 0 Å². The zero-order chi connectivity index (χ0) is 25.1. The molecule has 35 heavy (non-hydrogen) atoms. The number of rotatable bonds is 9. The number of carboxylic acids is 2. The number of benzene rings is 3. The van der Waals surface area contributed by atoms with Crippen LogP contribution >= 0.6 is 0 Å². The maximum absolute atomic E-state index is 12.3. The van der Waals surface area contributed by atoms with Crippen LogP contribution in [0.25, 0.3) is 33.4 Å². The van der Waals surface area contributed by atoms with Gasteiger partial charge in [0.2, 0.25) is 0 Å². The summed E-state index contributed by atoms with van der Waals surface area (Å²) < 4.78 is 11.4. The maximum Gasteiger partial charge on any atom is 0.336 e. The Morgan fingerprint density at radius 1 is 0.971 bits per heavy atom. The minimum Gasteiger partial charge on any atom is -0.504 e. The molecule has 0 bridgehead atoms. The molecule has 0 amide bonds. The molecule has 180 valence electrons. The quantitative estimate of drug-likeness (QED) is 0.223. The van der Waals surface area contributed by atoms with E-state index in [9.17, 15) is 24.6 Å². The number of ether oxygens (including phenoxy) is 1. The number of phenolic OH excluding ortho intramolecular Hbond substituents is 1. The average molecular weight is 476 g/mol. The van der Waals surface area contributed by atoms with Crippen molar-refractivity contribution in [3.05, 3.63) is 69.9 Å². The van der Waals surface area contributed by atoms with Crippen LogP contribution in [0.3, 0.4) is 0 Å². The molecule has 2 aromatic carbocycles. The molecule has 1 heterocycles. The van der Waals surface area contributed by atoms with E-state index in [0.29, 0.717) is 47.9 Å². The molecule has 2 aliphatic rings. The summed E-state index contributed by atoms with van der Waals surface area (Å²) >= 11 is 0. The number of hydrogen-bond acceptors (Lipinski definition) is 6. The Hall–Kier alpha value is -4.33. The van der Waals surface area contributed by atoms with Crippen LogP contribution in [0.4, 0.5) is 0 Å². The SMILES string of the molecule is CCOc1cc2c(-c3ccc(CCCCC(=O)O)cc3C(=O)O)c3ccc(=O)cc-3oc2cc1O. The summed E-state index contributed by atoms with van der Waals surface area (Å²) in [5.41, 5.74) is 2.35. The number of aromatic carboxylic acids is 1. The Kier molecular flexibility index (Phi) is 6.73. The van der Waals surface area contributed by atoms with Gasteiger partial charge >= 0.3 is 11.9 Å². The zero-order valence-electron chi connectivity index (χ0n) is 19.0. The number of aromatic hydroxyl groups is 1. The molecule has 0 atom stereocenters. The highest BCUT2D eigenvalue weighted by Gasteiger charge is 2.23. The minimum absolute atomic E-state index is 0.0616. The summed E-state index contributed by atoms with van der Waals surface area (Å²) in [7, 11) is 0. The fourth-order valence-corrected chi connectivity index (χ4v) is 4.19. The predicted molar refractivity (Wildman–Crippen MR) is 130 cm³/mol. The zero-order valence-corrected chi connectivity index (χ0v) is 19.0. The maximum atomic E-state index is 12.3. The summed E-state index contributed by atoms with van der Waals surface area (Å²) in [5.74, 6) is -1.64. The van der Waals surface area contributed by atoms with Crippen LogP contribution in [-0.4, -0.2) is 33.9 Å². The Labute approximate surface area is 200 Å². The normalized spacial score (nSPS) is 11.1. The highest BCUT2D eigenvalue weighted by Crippen LogP contribution is 2.44. The van der Waals surface area contributed by atoms with E-state index in [1.54, 1.807) is 31.2 Å². The molecular weight excluding hydrogens is 452 g/mol. The minimum atomic E-state index is -1.13. The van der Waals surface area contributed by atoms with E-state index in [-0.39, 0.29) is 40.3 Å². The largest absolute Gasteiger partial charge is 0.504 e. The molecule has 1 aliphatic carbocycles. The van der Waals surface area contributed by atoms with Gasteiger partial charge in [-0.25, -0.2) is 4.79 Å². The molecule has 0 spiro atoms. The third-order valence-electron chi connectivity index (χ3n) is 5.76. The van der Waals surface area contributed by atoms with Crippen LogP contribution in [0.15, 0.2) is 57.7 Å². The van der Waals surface area contributed by atoms with Gasteiger partial charge in [-0.1, -0.05) is 12.1 Å². The van der Waals surface area contributed by atoms with Crippen molar-refractivity contribution in [1.82, 2.24) is 0 Å². The van der Waals surface area contributed by atoms with Gasteiger partial charge in [0.05, 0.1) is 12.2 Å². The van der Waals surface area contributed by atoms with E-state index in [1.165, 1.54) is 18.2 Å². The third-order valence-corrected chi connectivity index (χ3v) is 5.76. The molecule has 0 radical (unpaired) electrons. The first-order valence-electron chi connectivity index (χ1n) is 11.2. The molecule has 0 aromatic heterocycles. The van der Waals surface area contributed by atoms with Gasteiger partial charge in [-0.3, -0.25) is 9.59 Å². The number of aliphatic carboxylic acids is 1. The lowest BCUT2D eigenvalue weighted by Gasteiger charge is -2.18. The molecule has 0 saturated heterocycles. The van der Waals surface area contributed by atoms with E-state index in [0.717, 1.165) is 5.56 Å². The van der Waals surface area contributed by atoms with Crippen molar-refractivity contribution in [1.29, 1.82) is 0 Å². The highest BCUT2D eigenvalue weighted by molar-refractivity contribution is 6.08. The van der Waals surface area contributed by atoms with Crippen LogP contribution in [0, 0.1) is 0 Å². The number of hydrogen-bond donors (Lipinski definition) is 3. The molecule has 1 aliphatic heterocycles. The van der Waals surface area contributed by atoms with Gasteiger partial charge in [-0.05, 0) is 61.6 Å². The smallest absolute Gasteiger partial charge is 0.336 e. The lowest BCUT2D eigenvalue weighted by atomic mass is 9.89. The lowest BCUT2D eigenvalue weighted by molar-refractivity contribution is -0.137. The lowest BCUT2D eigenvalue weighted by Crippen LogP contribution is -2.05. The number of carbonyl (C=O) groups is 2. The second kappa shape index (κ2) is 9.89. The standard InChI is InChI=1S/C27H24O8/c1-2-34-24-13-20-23(14-21(24)29)35-22-12-16(28)8-10-18(22)26(20)17-9-7-15(11-19(17)27(32)33)5-3-4-6-25(30)31/h7-14,29H,2-6H2,1H3,(H,30,31)(H,32,33). The Bertz CT molecular complexity index is 1450. The van der Waals surface area contributed by atoms with Crippen LogP contribution in [0.2, 0.25) is 0 Å². The molecule has 4 rings (SSSR count). The molecule has 0 fully saturated rings. The van der Waals surface area contributed by atoms with Crippen molar-refractivity contribution in [2.45, 2.75) is 32.6 Å². The first-order valence-corrected chi connectivity index (χ1v) is 11.2. The van der Waals surface area contributed by atoms with Crippen molar-refractivity contribution in [2.24, 2.45) is 0 Å². The Morgan fingerprint density at radius 3 is 2.46 bits per heavy atom. The fourth-order valence-electron chi connectivity index (χ4n) is 4.19. The highest BCUT2D eigenvalue weighted by atomic mass is 16.5. The summed E-state index contributed by atoms with van der Waals surface area (Å²) in [6, 6.07) is 12.4. The van der Waals surface area contributed by atoms with Gasteiger partial charge in [0.25, 0.3) is 0 Å². The third kappa shape index (κ3) is 4.96. The molecule has 8 heteroatoms. The van der Waals surface area contributed by atoms with Gasteiger partial charge < -0.3 is 24.5 Å². The summed E-state index contributed by atoms with van der Waals surface area (Å²) in [4.78, 5) is 35.0. The predicted octanol–water partition coefficient (Wildman–Crippen LogP) is 5.16. The average Bonchev–Trinajstić information content (AvgIpc) is 2.81. The van der Waals surface area contributed by atoms with Crippen molar-refractivity contribution in [2.75, 3.05) is 6.61 Å². The Balaban J connectivity index is 1.93. The molecule has 8 nitrogen and oxygen atoms in total. The first kappa shape index (κ1) is 23.8. The molecular formula is C27H24O8. The van der Waals surface area contributed by atoms with Crippen LogP contribution in [0.5, 0.6) is 11.5 Å². The second-order valence-corrected chi connectivity index (χ2v) is 8.17. The van der Waals surface area contributed by atoms with E-state index in [4.69, 9.17) is 14.3 Å². The van der Waals surface area contributed by atoms with E-state index >= 15 is 0 Å². The fraction of sp³-hybridized carbons (Fsp3) is 0.222.